The van der Waals surface area contributed by atoms with Crippen molar-refractivity contribution >= 4 is 3650 Å². The van der Waals surface area contributed by atoms with E-state index in [1.54, 1.807) is 0 Å². The Hall–Kier alpha value is 121. The topological polar surface area (TPSA) is 622 Å². The van der Waals surface area contributed by atoms with Crippen LogP contribution in [0.4, 0.5) is 0 Å². The maximum Gasteiger partial charge on any atom is 2.00 e. The van der Waals surface area contributed by atoms with Gasteiger partial charge in [0.05, 0.1) is 0 Å². The van der Waals surface area contributed by atoms with Crippen molar-refractivity contribution in [3.63, 3.8) is 0 Å². The fourth-order valence-electron chi connectivity index (χ4n) is 0. The van der Waals surface area contributed by atoms with Gasteiger partial charge in [-0.2, -0.15) is 0 Å². The van der Waals surface area contributed by atoms with E-state index in [1.165, 1.54) is 0 Å². The molecule has 0 saturated heterocycles. The second-order valence-corrected chi connectivity index (χ2v) is 12.3. The number of hydrogen-bond donors (Lipinski definition) is 24. The van der Waals surface area contributed by atoms with Crippen LogP contribution in [0.5, 0.6) is 0 Å². The van der Waals surface area contributed by atoms with Gasteiger partial charge < -0.3 is 117 Å². The summed E-state index contributed by atoms with van der Waals surface area (Å²) in [5, 5.41) is 0. The van der Waals surface area contributed by atoms with Gasteiger partial charge in [0.25, 0.3) is 0 Å². The van der Waals surface area contributed by atoms with Gasteiger partial charge in [-0.15, -0.1) is 0 Å². The van der Waals surface area contributed by atoms with Crippen LogP contribution in [-0.4, -0.2) is 3700 Å². The average molecular weight is 4590 g/mol. The molecule has 24 N–H and O–H groups in total. The molecule has 0 radical (unpaired) electrons. The first-order valence-corrected chi connectivity index (χ1v) is 18.8. The zero-order valence-corrected chi connectivity index (χ0v) is 302. The van der Waals surface area contributed by atoms with Gasteiger partial charge in [0.1, 0.15) is 0 Å². The Bertz CT molecular complexity index is 757. The third-order valence-electron chi connectivity index (χ3n) is 0. The Morgan fingerprint density at radius 3 is 0.0519 bits per heavy atom. The van der Waals surface area contributed by atoms with E-state index in [2.05, 4.69) is 0 Å². The summed E-state index contributed by atoms with van der Waals surface area (Å²) in [5.74, 6) is 0. The molecule has 0 aliphatic rings. The molecule has 0 aliphatic carbocycles. The molecule has 0 bridgehead atoms. The summed E-state index contributed by atoms with van der Waals surface area (Å²) in [5.41, 5.74) is 0. The van der Waals surface area contributed by atoms with E-state index in [9.17, 15) is 0 Å². The third-order valence-corrected chi connectivity index (χ3v) is 0. The summed E-state index contributed by atoms with van der Waals surface area (Å²) < 4.78 is 71.1. The molecule has 0 aromatic heterocycles. The van der Waals surface area contributed by atoms with Gasteiger partial charge in [-0.25, -0.2) is 36.5 Å². The van der Waals surface area contributed by atoms with Gasteiger partial charge in [0, 0.05) is 0 Å². The third kappa shape index (κ3) is 1120. The molecular formula is H24Ca95O32P8+190. The van der Waals surface area contributed by atoms with Crippen molar-refractivity contribution < 1.29 is 154 Å². The molecule has 0 amide bonds. The Balaban J connectivity index is -0.000000000780. The first kappa shape index (κ1) is 712. The molecular weight excluding hydrogens is 4570 g/mol. The number of hydrogen-bond acceptors (Lipinski definition) is 8. The van der Waals surface area contributed by atoms with E-state index in [0.29, 0.717) is 0 Å². The first-order chi connectivity index (χ1) is 16.0. The molecule has 0 saturated carbocycles. The van der Waals surface area contributed by atoms with Crippen LogP contribution in [0.2, 0.25) is 0 Å². The van der Waals surface area contributed by atoms with Gasteiger partial charge in [-0.05, 0) is 0 Å². The molecule has 0 rings (SSSR count). The van der Waals surface area contributed by atoms with Crippen molar-refractivity contribution in [1.29, 1.82) is 0 Å². The van der Waals surface area contributed by atoms with Crippen molar-refractivity contribution in [2.75, 3.05) is 0 Å². The molecule has 0 fully saturated rings. The predicted molar refractivity (Wildman–Crippen MR) is 661 cm³/mol. The van der Waals surface area contributed by atoms with Gasteiger partial charge in [-0.1, -0.05) is 0 Å². The molecule has 135 heavy (non-hydrogen) atoms. The summed E-state index contributed by atoms with van der Waals surface area (Å²) >= 11 is 0. The predicted octanol–water partition coefficient (Wildman–Crippen LogP) is -43.6. The molecule has 135 heteroatoms. The van der Waals surface area contributed by atoms with Gasteiger partial charge in [0.2, 0.25) is 0 Å². The summed E-state index contributed by atoms with van der Waals surface area (Å²) in [4.78, 5) is 172. The van der Waals surface area contributed by atoms with Crippen LogP contribution in [0.3, 0.4) is 0 Å². The number of rotatable bonds is 0. The molecule has 0 atom stereocenters. The van der Waals surface area contributed by atoms with Crippen molar-refractivity contribution in [3.05, 3.63) is 0 Å². The maximum atomic E-state index is 8.88. The SMILES string of the molecule is O=P(O)(O)O.O=P(O)(O)O.O=P(O)(O)O.O=P(O)(O)O.O=P(O)(O)O.O=P(O)(O)O.O=P(O)(O)O.O=P(O)(O)O.[Ca+2].[Ca+2].[Ca+2].[Ca+2].[Ca+2].[Ca+2].[Ca+2].[Ca+2].[Ca+2].[Ca+2].[Ca+2].[Ca+2].[Ca+2].[Ca+2].[Ca+2].[Ca+2].[Ca+2].[Ca+2].[Ca+2].[Ca+2].[Ca+2].[Ca+2].[Ca+2].[Ca+2].[Ca+2].[Ca+2].[Ca+2].[Ca+2].[Ca+2].[Ca+2].[Ca+2].[Ca+2].[Ca+2].[Ca+2].[Ca+2].[Ca+2].[Ca+2].[Ca+2].[Ca+2].[Ca+2].[Ca+2].[Ca+2].[Ca+2].[Ca+2].[Ca+2].[Ca+2].[Ca+2].[Ca+2].[Ca+2].[Ca+2].[Ca+2].[Ca+2].[Ca+2].[Ca+2].[Ca+2].[Ca+2].[Ca+2].[Ca+2].[Ca+2].[Ca+2].[Ca+2].[Ca+2].[Ca+2].[Ca+2].[Ca+2].[Ca+2].[Ca+2].[Ca+2].[Ca+2].[Ca+2].[Ca+2].[Ca+2].[Ca+2].[Ca+2].[Ca+2].[Ca+2].[Ca+2].[Ca+2].[Ca+2].[Ca+2].[Ca+2].[Ca+2].[Ca+2].[Ca+2].[Ca+2].[Ca+2].[Ca+2].[Ca+2].[Ca+2].[Ca+2].[Ca+2].[Ca+2].[Ca+2].[Ca+2].[Ca+2]. The smallest absolute Gasteiger partial charge is 0.303 e. The minimum Gasteiger partial charge on any atom is -0.303 e. The Kier molecular flexibility index (Phi) is 3040. The van der Waals surface area contributed by atoms with E-state index >= 15 is 0 Å². The van der Waals surface area contributed by atoms with Gasteiger partial charge >= 0.3 is 3650 Å². The summed E-state index contributed by atoms with van der Waals surface area (Å²) in [6, 6.07) is 0. The van der Waals surface area contributed by atoms with E-state index < -0.39 is 62.6 Å². The van der Waals surface area contributed by atoms with Gasteiger partial charge in [0.15, 0.2) is 0 Å². The fraction of sp³-hybridized carbons (Fsp3) is 0. The van der Waals surface area contributed by atoms with Crippen LogP contribution in [0.1, 0.15) is 0 Å². The second-order valence-electron chi connectivity index (χ2n) is 4.11. The summed E-state index contributed by atoms with van der Waals surface area (Å²) in [6.07, 6.45) is 0. The van der Waals surface area contributed by atoms with Crippen LogP contribution >= 0.6 is 62.6 Å². The summed E-state index contributed by atoms with van der Waals surface area (Å²) in [6.45, 7) is 0. The molecule has 0 spiro atoms. The summed E-state index contributed by atoms with van der Waals surface area (Å²) in [7, 11) is -37.1. The Morgan fingerprint density at radius 1 is 0.0519 bits per heavy atom. The maximum absolute atomic E-state index is 8.88. The number of phosphoric acid groups is 8. The minimum atomic E-state index is -4.64. The monoisotopic (exact) mass is 4580 g/mol. The van der Waals surface area contributed by atoms with Crippen molar-refractivity contribution in [3.8, 4) is 0 Å². The molecule has 0 heterocycles. The standard InChI is InChI=1S/95Ca.8H3O4P/c;;;;;;;;;;;;;;;;;;;;;;;;;;;;;;;;;;;;;;;;;;;;;;;;;;;;;;;;;;;;;;;;;;;;;;;;;;;;;;;;;;;;;;;;;;;;;;;8*1-5(2,3)4/h;;;;;;;;;;;;;;;;;;;;;;;;;;;;;;;;;;;;;;;;;;;;;;;;;;;;;;;;;;;;;;;;;;;;;;;;;;;;;;;;;;;;;;;;;;;;;;;8*(H3,1,2,3,4)/q95*+2;;;;;;;;. The molecule has 0 aliphatic heterocycles. The zero-order valence-electron chi connectivity index (χ0n) is 84.8. The van der Waals surface area contributed by atoms with E-state index in [4.69, 9.17) is 154 Å². The Labute approximate surface area is 3650 Å². The normalized spacial score (nSPS) is 3.50. The average Bonchev–Trinajstić information content (AvgIpc) is 2.16. The molecule has 32 nitrogen and oxygen atoms in total. The molecule has 256 valence electrons. The molecule has 0 aromatic carbocycles. The quantitative estimate of drug-likeness (QED) is 0.0791. The van der Waals surface area contributed by atoms with Crippen LogP contribution < -0.4 is 0 Å². The van der Waals surface area contributed by atoms with E-state index in [-0.39, 0.29) is 3590 Å². The molecule has 0 unspecified atom stereocenters. The van der Waals surface area contributed by atoms with Crippen LogP contribution in [0.15, 0.2) is 0 Å². The van der Waals surface area contributed by atoms with Gasteiger partial charge in [-0.3, -0.25) is 0 Å². The van der Waals surface area contributed by atoms with Crippen molar-refractivity contribution in [1.82, 2.24) is 0 Å². The van der Waals surface area contributed by atoms with E-state index in [0.717, 1.165) is 0 Å². The van der Waals surface area contributed by atoms with Crippen molar-refractivity contribution in [2.24, 2.45) is 0 Å². The largest absolute Gasteiger partial charge is 2.00 e. The van der Waals surface area contributed by atoms with Crippen LogP contribution in [0.25, 0.3) is 0 Å². The van der Waals surface area contributed by atoms with E-state index in [1.807, 2.05) is 0 Å². The van der Waals surface area contributed by atoms with Crippen LogP contribution in [0, 0.1) is 0 Å². The van der Waals surface area contributed by atoms with Crippen LogP contribution in [-0.2, 0) is 36.5 Å². The fourth-order valence-corrected chi connectivity index (χ4v) is 0. The Morgan fingerprint density at radius 2 is 0.0519 bits per heavy atom. The molecule has 0 aromatic rings. The minimum absolute atomic E-state index is 0. The first-order valence-electron chi connectivity index (χ1n) is 6.26. The zero-order chi connectivity index (χ0) is 36.0. The second kappa shape index (κ2) is 576. The van der Waals surface area contributed by atoms with Crippen molar-refractivity contribution in [2.45, 2.75) is 0 Å².